The molecule has 0 N–H and O–H groups in total. The molecule has 18 heavy (non-hydrogen) atoms. The highest BCUT2D eigenvalue weighted by Crippen LogP contribution is 2.47. The van der Waals surface area contributed by atoms with Crippen LogP contribution in [0.1, 0.15) is 53.8 Å². The predicted octanol–water partition coefficient (Wildman–Crippen LogP) is 5.53. The Hall–Kier alpha value is -0.780. The fourth-order valence-corrected chi connectivity index (χ4v) is 4.44. The normalized spacial score (nSPS) is 43.9. The van der Waals surface area contributed by atoms with Crippen LogP contribution in [0.2, 0.25) is 0 Å². The van der Waals surface area contributed by atoms with Gasteiger partial charge in [0.15, 0.2) is 0 Å². The smallest absolute Gasteiger partial charge is 0 e. The van der Waals surface area contributed by atoms with Crippen LogP contribution in [0.3, 0.4) is 0 Å². The topological polar surface area (TPSA) is 0 Å². The molecule has 0 saturated heterocycles. The lowest BCUT2D eigenvalue weighted by Gasteiger charge is -2.11. The van der Waals surface area contributed by atoms with Gasteiger partial charge in [0.1, 0.15) is 0 Å². The van der Waals surface area contributed by atoms with E-state index in [1.807, 2.05) is 0 Å². The molecule has 0 aromatic carbocycles. The molecule has 4 unspecified atom stereocenters. The van der Waals surface area contributed by atoms with Gasteiger partial charge in [-0.3, -0.25) is 0 Å². The Morgan fingerprint density at radius 1 is 1.00 bits per heavy atom. The van der Waals surface area contributed by atoms with Gasteiger partial charge in [-0.2, -0.15) is 0 Å². The van der Waals surface area contributed by atoms with E-state index >= 15 is 0 Å². The van der Waals surface area contributed by atoms with E-state index in [-0.39, 0.29) is 1.43 Å². The van der Waals surface area contributed by atoms with E-state index in [1.165, 1.54) is 38.5 Å². The fraction of sp³-hybridized carbons (Fsp3) is 0.667. The molecule has 0 radical (unpaired) electrons. The molecule has 0 heterocycles. The average Bonchev–Trinajstić information content (AvgIpc) is 3.17. The molecule has 0 aromatic rings. The van der Waals surface area contributed by atoms with E-state index in [0.717, 1.165) is 23.7 Å². The van der Waals surface area contributed by atoms with Gasteiger partial charge < -0.3 is 0 Å². The van der Waals surface area contributed by atoms with Crippen molar-refractivity contribution >= 4 is 0 Å². The third-order valence-corrected chi connectivity index (χ3v) is 5.48. The van der Waals surface area contributed by atoms with Gasteiger partial charge in [-0.05, 0) is 76.0 Å². The predicted molar refractivity (Wildman–Crippen MR) is 80.4 cm³/mol. The van der Waals surface area contributed by atoms with Crippen molar-refractivity contribution in [3.8, 4) is 0 Å². The maximum atomic E-state index is 2.37. The molecule has 100 valence electrons. The molecule has 4 rings (SSSR count). The average molecular weight is 244 g/mol. The van der Waals surface area contributed by atoms with Gasteiger partial charge in [-0.1, -0.05) is 35.5 Å². The van der Waals surface area contributed by atoms with Crippen LogP contribution in [0.15, 0.2) is 35.5 Å². The Balaban J connectivity index is 0.000000133. The number of allylic oxidation sites excluding steroid dienone is 6. The Morgan fingerprint density at radius 3 is 2.17 bits per heavy atom. The van der Waals surface area contributed by atoms with Crippen LogP contribution >= 0.6 is 0 Å². The van der Waals surface area contributed by atoms with Crippen molar-refractivity contribution in [3.63, 3.8) is 0 Å². The molecule has 0 heteroatoms. The van der Waals surface area contributed by atoms with Crippen molar-refractivity contribution in [1.29, 1.82) is 0 Å². The van der Waals surface area contributed by atoms with Gasteiger partial charge in [0.25, 0.3) is 0 Å². The Labute approximate surface area is 113 Å². The third-order valence-electron chi connectivity index (χ3n) is 5.48. The van der Waals surface area contributed by atoms with Crippen LogP contribution in [0.5, 0.6) is 0 Å². The van der Waals surface area contributed by atoms with Crippen LogP contribution in [-0.4, -0.2) is 0 Å². The summed E-state index contributed by atoms with van der Waals surface area (Å²) in [6, 6.07) is 0. The monoisotopic (exact) mass is 244 g/mol. The molecule has 3 saturated carbocycles. The zero-order valence-corrected chi connectivity index (χ0v) is 11.9. The summed E-state index contributed by atoms with van der Waals surface area (Å²) in [4.78, 5) is 0. The van der Waals surface area contributed by atoms with Crippen molar-refractivity contribution < 1.29 is 1.43 Å². The van der Waals surface area contributed by atoms with Crippen LogP contribution in [-0.2, 0) is 0 Å². The molecule has 0 spiro atoms. The summed E-state index contributed by atoms with van der Waals surface area (Å²) in [5.41, 5.74) is 3.42. The van der Waals surface area contributed by atoms with E-state index in [0.29, 0.717) is 0 Å². The minimum Gasteiger partial charge on any atom is -0.0882 e. The lowest BCUT2D eigenvalue weighted by molar-refractivity contribution is 0.560. The standard InChI is InChI=1S/C9H14.C9H12.H2/c2*1-2-8-5-7-3-4-9(8)6-7;/h2,7,9H,3-6H2,1H3;2-4,7,9H,5-6H2,1H3;1H/b2*8-2+;. The zero-order valence-electron chi connectivity index (χ0n) is 11.9. The molecule has 4 aliphatic carbocycles. The van der Waals surface area contributed by atoms with Gasteiger partial charge in [-0.15, -0.1) is 0 Å². The summed E-state index contributed by atoms with van der Waals surface area (Å²) in [7, 11) is 0. The second kappa shape index (κ2) is 5.07. The molecule has 0 aromatic heterocycles. The Morgan fingerprint density at radius 2 is 1.83 bits per heavy atom. The molecule has 0 nitrogen and oxygen atoms in total. The first-order valence-electron chi connectivity index (χ1n) is 7.78. The minimum atomic E-state index is 0. The van der Waals surface area contributed by atoms with Gasteiger partial charge in [0, 0.05) is 1.43 Å². The van der Waals surface area contributed by atoms with E-state index in [1.54, 1.807) is 11.1 Å². The maximum Gasteiger partial charge on any atom is 0 e. The molecule has 0 aliphatic heterocycles. The molecule has 4 aliphatic rings. The summed E-state index contributed by atoms with van der Waals surface area (Å²) < 4.78 is 0. The van der Waals surface area contributed by atoms with Crippen molar-refractivity contribution in [3.05, 3.63) is 35.5 Å². The van der Waals surface area contributed by atoms with Crippen LogP contribution in [0.4, 0.5) is 0 Å². The van der Waals surface area contributed by atoms with Crippen molar-refractivity contribution in [2.45, 2.75) is 52.4 Å². The van der Waals surface area contributed by atoms with Gasteiger partial charge >= 0.3 is 0 Å². The quantitative estimate of drug-likeness (QED) is 0.492. The molecule has 0 amide bonds. The first-order valence-corrected chi connectivity index (χ1v) is 7.78. The number of hydrogen-bond acceptors (Lipinski definition) is 0. The maximum absolute atomic E-state index is 2.37. The van der Waals surface area contributed by atoms with Gasteiger partial charge in [0.2, 0.25) is 0 Å². The number of fused-ring (bicyclic) bond motifs is 4. The third kappa shape index (κ3) is 2.22. The molecule has 3 fully saturated rings. The summed E-state index contributed by atoms with van der Waals surface area (Å²) in [6.07, 6.45) is 18.1. The van der Waals surface area contributed by atoms with Gasteiger partial charge in [-0.25, -0.2) is 0 Å². The summed E-state index contributed by atoms with van der Waals surface area (Å²) in [5.74, 6) is 3.84. The van der Waals surface area contributed by atoms with E-state index in [9.17, 15) is 0 Å². The highest BCUT2D eigenvalue weighted by Gasteiger charge is 2.34. The highest BCUT2D eigenvalue weighted by molar-refractivity contribution is 5.26. The molecule has 4 atom stereocenters. The zero-order chi connectivity index (χ0) is 12.5. The second-order valence-corrected chi connectivity index (χ2v) is 6.50. The lowest BCUT2D eigenvalue weighted by atomic mass is 9.95. The first-order chi connectivity index (χ1) is 8.80. The van der Waals surface area contributed by atoms with E-state index < -0.39 is 0 Å². The first kappa shape index (κ1) is 12.3. The van der Waals surface area contributed by atoms with E-state index in [2.05, 4.69) is 38.2 Å². The molecule has 4 bridgehead atoms. The molecular weight excluding hydrogens is 216 g/mol. The van der Waals surface area contributed by atoms with Crippen molar-refractivity contribution in [2.75, 3.05) is 0 Å². The number of rotatable bonds is 0. The van der Waals surface area contributed by atoms with Crippen molar-refractivity contribution in [2.24, 2.45) is 23.7 Å². The largest absolute Gasteiger partial charge is 0.0882 e. The Bertz CT molecular complexity index is 402. The second-order valence-electron chi connectivity index (χ2n) is 6.50. The van der Waals surface area contributed by atoms with Crippen LogP contribution in [0.25, 0.3) is 0 Å². The summed E-state index contributed by atoms with van der Waals surface area (Å²) >= 11 is 0. The summed E-state index contributed by atoms with van der Waals surface area (Å²) in [6.45, 7) is 4.35. The van der Waals surface area contributed by atoms with E-state index in [4.69, 9.17) is 0 Å². The SMILES string of the molecule is C/C=C1\CC2C=CC1C2.C/C=C1\CC2CCC1C2.[HH]. The Kier molecular flexibility index (Phi) is 3.46. The van der Waals surface area contributed by atoms with Crippen LogP contribution in [0, 0.1) is 23.7 Å². The minimum absolute atomic E-state index is 0. The lowest BCUT2D eigenvalue weighted by Crippen LogP contribution is -1.96. The highest BCUT2D eigenvalue weighted by atomic mass is 14.4. The van der Waals surface area contributed by atoms with Crippen LogP contribution < -0.4 is 0 Å². The molecular formula is C18H28. The number of hydrogen-bond donors (Lipinski definition) is 0. The van der Waals surface area contributed by atoms with Gasteiger partial charge in [0.05, 0.1) is 0 Å². The van der Waals surface area contributed by atoms with Crippen molar-refractivity contribution in [1.82, 2.24) is 0 Å². The fourth-order valence-electron chi connectivity index (χ4n) is 4.44. The summed E-state index contributed by atoms with van der Waals surface area (Å²) in [5, 5.41) is 0.